The van der Waals surface area contributed by atoms with Gasteiger partial charge in [0.25, 0.3) is 6.47 Å². The molecule has 0 aromatic rings. The second-order valence-corrected chi connectivity index (χ2v) is 2.67. The third-order valence-corrected chi connectivity index (χ3v) is 1.73. The van der Waals surface area contributed by atoms with E-state index in [0.29, 0.717) is 13.1 Å². The number of rotatable bonds is 2. The van der Waals surface area contributed by atoms with E-state index in [1.807, 2.05) is 0 Å². The number of hydrogen-bond donors (Lipinski definition) is 0. The minimum absolute atomic E-state index is 0. The molecule has 0 radical (unpaired) electrons. The van der Waals surface area contributed by atoms with Gasteiger partial charge in [-0.1, -0.05) is 38.5 Å². The maximum absolute atomic E-state index is 9.18. The maximum Gasteiger partial charge on any atom is 0.293 e. The van der Waals surface area contributed by atoms with Crippen molar-refractivity contribution < 1.29 is 9.53 Å². The summed E-state index contributed by atoms with van der Waals surface area (Å²) < 4.78 is 4.15. The first-order valence-corrected chi connectivity index (χ1v) is 4.47. The van der Waals surface area contributed by atoms with E-state index in [0.717, 1.165) is 0 Å². The zero-order valence-electron chi connectivity index (χ0n) is 7.75. The minimum atomic E-state index is 0. The number of carbonyl (C=O) groups is 1. The number of halogens is 1. The van der Waals surface area contributed by atoms with Crippen molar-refractivity contribution in [1.82, 2.24) is 0 Å². The van der Waals surface area contributed by atoms with Gasteiger partial charge in [-0.3, -0.25) is 4.79 Å². The van der Waals surface area contributed by atoms with Gasteiger partial charge in [0.2, 0.25) is 0 Å². The fourth-order valence-electron chi connectivity index (χ4n) is 1.13. The average molecular weight is 195 g/mol. The molecule has 2 nitrogen and oxygen atoms in total. The van der Waals surface area contributed by atoms with Gasteiger partial charge in [-0.15, -0.1) is 12.4 Å². The van der Waals surface area contributed by atoms with Crippen LogP contribution in [0.3, 0.4) is 0 Å². The highest BCUT2D eigenvalue weighted by molar-refractivity contribution is 5.85. The molecule has 0 saturated heterocycles. The molecule has 1 fully saturated rings. The first kappa shape index (κ1) is 14.3. The van der Waals surface area contributed by atoms with Crippen LogP contribution in [0.4, 0.5) is 0 Å². The van der Waals surface area contributed by atoms with Crippen LogP contribution in [0.5, 0.6) is 0 Å². The molecule has 1 aliphatic carbocycles. The standard InChI is InChI=1S/C6H12.C3H6O2.ClH/c1-2-4-6-5-3-1;1-2-5-3-4;/h1-6H2;3H,2H2,1H3;1H. The van der Waals surface area contributed by atoms with Crippen molar-refractivity contribution in [1.29, 1.82) is 0 Å². The normalized spacial score (nSPS) is 14.8. The Kier molecular flexibility index (Phi) is 15.9. The van der Waals surface area contributed by atoms with Gasteiger partial charge in [-0.25, -0.2) is 0 Å². The van der Waals surface area contributed by atoms with Crippen molar-refractivity contribution in [2.45, 2.75) is 45.4 Å². The monoisotopic (exact) mass is 194 g/mol. The Balaban J connectivity index is 0. The van der Waals surface area contributed by atoms with E-state index < -0.39 is 0 Å². The second kappa shape index (κ2) is 13.4. The van der Waals surface area contributed by atoms with Crippen molar-refractivity contribution in [3.8, 4) is 0 Å². The van der Waals surface area contributed by atoms with Crippen LogP contribution in [-0.2, 0) is 9.53 Å². The molecule has 0 aromatic carbocycles. The summed E-state index contributed by atoms with van der Waals surface area (Å²) in [6, 6.07) is 0. The van der Waals surface area contributed by atoms with Crippen molar-refractivity contribution in [3.05, 3.63) is 0 Å². The summed E-state index contributed by atoms with van der Waals surface area (Å²) in [5, 5.41) is 0. The van der Waals surface area contributed by atoms with Crippen LogP contribution in [0.25, 0.3) is 0 Å². The molecule has 1 saturated carbocycles. The number of carbonyl (C=O) groups excluding carboxylic acids is 1. The largest absolute Gasteiger partial charge is 0.468 e. The Morgan fingerprint density at radius 3 is 1.50 bits per heavy atom. The molecule has 0 bridgehead atoms. The highest BCUT2D eigenvalue weighted by Gasteiger charge is 1.95. The van der Waals surface area contributed by atoms with E-state index in [2.05, 4.69) is 4.74 Å². The summed E-state index contributed by atoms with van der Waals surface area (Å²) in [5.41, 5.74) is 0. The van der Waals surface area contributed by atoms with E-state index in [1.165, 1.54) is 38.5 Å². The third kappa shape index (κ3) is 12.4. The molecule has 74 valence electrons. The van der Waals surface area contributed by atoms with Crippen LogP contribution in [-0.4, -0.2) is 13.1 Å². The lowest BCUT2D eigenvalue weighted by Crippen LogP contribution is -1.85. The Morgan fingerprint density at radius 1 is 1.08 bits per heavy atom. The van der Waals surface area contributed by atoms with Gasteiger partial charge in [0.15, 0.2) is 0 Å². The molecule has 0 spiro atoms. The smallest absolute Gasteiger partial charge is 0.293 e. The number of hydrogen-bond acceptors (Lipinski definition) is 2. The quantitative estimate of drug-likeness (QED) is 0.632. The van der Waals surface area contributed by atoms with E-state index in [1.54, 1.807) is 6.92 Å². The predicted molar refractivity (Wildman–Crippen MR) is 52.6 cm³/mol. The SMILES string of the molecule is C1CCCCC1.CCOC=O.Cl. The second-order valence-electron chi connectivity index (χ2n) is 2.67. The molecule has 1 aliphatic rings. The topological polar surface area (TPSA) is 26.3 Å². The van der Waals surface area contributed by atoms with E-state index in [4.69, 9.17) is 0 Å². The molecule has 3 heteroatoms. The molecule has 12 heavy (non-hydrogen) atoms. The summed E-state index contributed by atoms with van der Waals surface area (Å²) in [6.07, 6.45) is 9.00. The predicted octanol–water partition coefficient (Wildman–Crippen LogP) is 2.94. The Hall–Kier alpha value is -0.240. The van der Waals surface area contributed by atoms with Crippen molar-refractivity contribution >= 4 is 18.9 Å². The Labute approximate surface area is 81.1 Å². The fourth-order valence-corrected chi connectivity index (χ4v) is 1.13. The summed E-state index contributed by atoms with van der Waals surface area (Å²) in [5.74, 6) is 0. The average Bonchev–Trinajstić information content (AvgIpc) is 2.10. The van der Waals surface area contributed by atoms with Gasteiger partial charge in [-0.2, -0.15) is 0 Å². The summed E-state index contributed by atoms with van der Waals surface area (Å²) in [4.78, 5) is 9.18. The number of ether oxygens (including phenoxy) is 1. The van der Waals surface area contributed by atoms with Crippen molar-refractivity contribution in [2.24, 2.45) is 0 Å². The zero-order chi connectivity index (χ0) is 8.36. The fraction of sp³-hybridized carbons (Fsp3) is 0.889. The van der Waals surface area contributed by atoms with Crippen LogP contribution in [0.2, 0.25) is 0 Å². The highest BCUT2D eigenvalue weighted by atomic mass is 35.5. The molecular formula is C9H19ClO2. The van der Waals surface area contributed by atoms with Gasteiger partial charge in [-0.05, 0) is 6.92 Å². The van der Waals surface area contributed by atoms with Gasteiger partial charge in [0.05, 0.1) is 6.61 Å². The molecule has 0 unspecified atom stereocenters. The Morgan fingerprint density at radius 2 is 1.42 bits per heavy atom. The van der Waals surface area contributed by atoms with Gasteiger partial charge >= 0.3 is 0 Å². The summed E-state index contributed by atoms with van der Waals surface area (Å²) in [6.45, 7) is 2.66. The zero-order valence-corrected chi connectivity index (χ0v) is 8.57. The van der Waals surface area contributed by atoms with E-state index in [-0.39, 0.29) is 12.4 Å². The molecule has 0 aromatic heterocycles. The van der Waals surface area contributed by atoms with Gasteiger partial charge < -0.3 is 4.74 Å². The summed E-state index contributed by atoms with van der Waals surface area (Å²) >= 11 is 0. The molecule has 0 heterocycles. The molecule has 1 rings (SSSR count). The first-order chi connectivity index (χ1) is 5.41. The molecule has 0 amide bonds. The minimum Gasteiger partial charge on any atom is -0.468 e. The van der Waals surface area contributed by atoms with Gasteiger partial charge in [0, 0.05) is 0 Å². The highest BCUT2D eigenvalue weighted by Crippen LogP contribution is 2.15. The van der Waals surface area contributed by atoms with E-state index >= 15 is 0 Å². The molecular weight excluding hydrogens is 176 g/mol. The lowest BCUT2D eigenvalue weighted by Gasteiger charge is -2.05. The van der Waals surface area contributed by atoms with Gasteiger partial charge in [0.1, 0.15) is 0 Å². The Bertz CT molecular complexity index is 71.1. The molecule has 0 atom stereocenters. The third-order valence-electron chi connectivity index (χ3n) is 1.73. The molecule has 0 N–H and O–H groups in total. The summed E-state index contributed by atoms with van der Waals surface area (Å²) in [7, 11) is 0. The van der Waals surface area contributed by atoms with Crippen LogP contribution in [0.15, 0.2) is 0 Å². The maximum atomic E-state index is 9.18. The van der Waals surface area contributed by atoms with Crippen molar-refractivity contribution in [3.63, 3.8) is 0 Å². The van der Waals surface area contributed by atoms with Crippen LogP contribution in [0, 0.1) is 0 Å². The lowest BCUT2D eigenvalue weighted by atomic mass is 10.0. The lowest BCUT2D eigenvalue weighted by molar-refractivity contribution is -0.128. The van der Waals surface area contributed by atoms with E-state index in [9.17, 15) is 4.79 Å². The van der Waals surface area contributed by atoms with Crippen LogP contribution in [0.1, 0.15) is 45.4 Å². The van der Waals surface area contributed by atoms with Crippen molar-refractivity contribution in [2.75, 3.05) is 6.61 Å². The van der Waals surface area contributed by atoms with Crippen LogP contribution >= 0.6 is 12.4 Å². The first-order valence-electron chi connectivity index (χ1n) is 4.47. The molecule has 0 aliphatic heterocycles. The van der Waals surface area contributed by atoms with Crippen LogP contribution < -0.4 is 0 Å².